The third-order valence-electron chi connectivity index (χ3n) is 3.45. The number of rotatable bonds is 4. The lowest BCUT2D eigenvalue weighted by molar-refractivity contribution is 0.455. The van der Waals surface area contributed by atoms with Crippen LogP contribution in [0.1, 0.15) is 16.1 Å². The third-order valence-corrected chi connectivity index (χ3v) is 4.32. The maximum atomic E-state index is 10.0. The number of imidazole rings is 1. The monoisotopic (exact) mass is 395 g/mol. The molecule has 0 radical (unpaired) electrons. The molecule has 3 aromatic heterocycles. The van der Waals surface area contributed by atoms with Gasteiger partial charge in [-0.15, -0.1) is 36.2 Å². The van der Waals surface area contributed by atoms with Crippen LogP contribution in [0.5, 0.6) is 5.88 Å². The maximum Gasteiger partial charge on any atom is 0.238 e. The molecule has 0 bridgehead atoms. The molecule has 0 unspecified atom stereocenters. The number of allylic oxidation sites excluding steroid dienone is 1. The molecule has 25 heavy (non-hydrogen) atoms. The van der Waals surface area contributed by atoms with Gasteiger partial charge in [0.2, 0.25) is 11.8 Å². The number of H-pyrrole nitrogens is 1. The van der Waals surface area contributed by atoms with Gasteiger partial charge in [0.25, 0.3) is 0 Å². The second kappa shape index (κ2) is 8.15. The first-order chi connectivity index (χ1) is 11.3. The fraction of sp³-hybridized carbons (Fsp3) is 0.0625. The molecule has 0 aliphatic carbocycles. The van der Waals surface area contributed by atoms with E-state index in [-0.39, 0.29) is 30.7 Å². The molecule has 0 spiro atoms. The number of anilines is 1. The summed E-state index contributed by atoms with van der Waals surface area (Å²) in [5, 5.41) is 15.2. The molecular formula is C16H15Cl2N5OS. The average Bonchev–Trinajstić information content (AvgIpc) is 3.28. The van der Waals surface area contributed by atoms with Gasteiger partial charge in [-0.1, -0.05) is 6.07 Å². The maximum absolute atomic E-state index is 10.0. The predicted octanol–water partition coefficient (Wildman–Crippen LogP) is 4.28. The molecule has 9 heteroatoms. The van der Waals surface area contributed by atoms with Gasteiger partial charge < -0.3 is 15.4 Å². The highest BCUT2D eigenvalue weighted by molar-refractivity contribution is 7.09. The van der Waals surface area contributed by atoms with Gasteiger partial charge in [-0.2, -0.15) is 4.98 Å². The van der Waals surface area contributed by atoms with Crippen LogP contribution in [0.15, 0.2) is 40.8 Å². The van der Waals surface area contributed by atoms with Crippen molar-refractivity contribution in [3.8, 4) is 5.88 Å². The van der Waals surface area contributed by atoms with Crippen molar-refractivity contribution in [3.05, 3.63) is 52.0 Å². The van der Waals surface area contributed by atoms with E-state index in [1.54, 1.807) is 23.7 Å². The quantitative estimate of drug-likeness (QED) is 0.614. The van der Waals surface area contributed by atoms with Crippen molar-refractivity contribution in [2.75, 3.05) is 5.32 Å². The van der Waals surface area contributed by atoms with Crippen molar-refractivity contribution < 1.29 is 5.11 Å². The van der Waals surface area contributed by atoms with Crippen LogP contribution in [0, 0.1) is 0 Å². The van der Waals surface area contributed by atoms with Crippen molar-refractivity contribution in [2.24, 2.45) is 4.99 Å². The molecule has 4 rings (SSSR count). The van der Waals surface area contributed by atoms with E-state index in [4.69, 9.17) is 0 Å². The second-order valence-corrected chi connectivity index (χ2v) is 6.02. The Kier molecular flexibility index (Phi) is 6.19. The molecule has 130 valence electrons. The highest BCUT2D eigenvalue weighted by Crippen LogP contribution is 2.31. The van der Waals surface area contributed by atoms with Crippen LogP contribution >= 0.6 is 36.2 Å². The summed E-state index contributed by atoms with van der Waals surface area (Å²) in [7, 11) is 0. The summed E-state index contributed by atoms with van der Waals surface area (Å²) in [6.07, 6.45) is 5.26. The van der Waals surface area contributed by atoms with Crippen molar-refractivity contribution in [3.63, 3.8) is 0 Å². The minimum absolute atomic E-state index is 0. The fourth-order valence-corrected chi connectivity index (χ4v) is 2.99. The van der Waals surface area contributed by atoms with Crippen LogP contribution in [0.2, 0.25) is 0 Å². The lowest BCUT2D eigenvalue weighted by atomic mass is 10.1. The highest BCUT2D eigenvalue weighted by atomic mass is 35.5. The van der Waals surface area contributed by atoms with E-state index in [2.05, 4.69) is 25.3 Å². The van der Waals surface area contributed by atoms with Gasteiger partial charge in [0.15, 0.2) is 5.82 Å². The lowest BCUT2D eigenvalue weighted by Gasteiger charge is -1.99. The number of aromatic nitrogens is 3. The van der Waals surface area contributed by atoms with Crippen molar-refractivity contribution in [2.45, 2.75) is 6.54 Å². The van der Waals surface area contributed by atoms with E-state index in [0.29, 0.717) is 24.0 Å². The summed E-state index contributed by atoms with van der Waals surface area (Å²) in [6.45, 7) is 0.662. The zero-order chi connectivity index (χ0) is 15.6. The Bertz CT molecular complexity index is 905. The number of aliphatic imine (C=N–C) groups is 1. The number of aromatic amines is 1. The summed E-state index contributed by atoms with van der Waals surface area (Å²) in [6, 6.07) is 7.86. The Morgan fingerprint density at radius 2 is 2.12 bits per heavy atom. The minimum Gasteiger partial charge on any atom is -0.492 e. The van der Waals surface area contributed by atoms with Crippen LogP contribution < -0.4 is 5.32 Å². The first-order valence-electron chi connectivity index (χ1n) is 7.06. The fourth-order valence-electron chi connectivity index (χ4n) is 2.34. The molecule has 4 heterocycles. The van der Waals surface area contributed by atoms with E-state index < -0.39 is 0 Å². The molecule has 0 saturated heterocycles. The first kappa shape index (κ1) is 19.0. The number of nitrogens with one attached hydrogen (secondary N) is 2. The lowest BCUT2D eigenvalue weighted by Crippen LogP contribution is -1.98. The molecule has 1 aliphatic rings. The van der Waals surface area contributed by atoms with Gasteiger partial charge in [-0.05, 0) is 29.7 Å². The standard InChI is InChI=1S/C16H13N5OS.2ClH/c22-15-13(7-10-8-18-14-12(10)4-1-5-17-14)20-16(21-15)19-9-11-3-2-6-23-11;;/h1-8,22H,9H2,(H2,19,20,21);2*1H/b10-7+;;. The molecule has 6 nitrogen and oxygen atoms in total. The molecule has 1 aliphatic heterocycles. The van der Waals surface area contributed by atoms with Crippen LogP contribution in [0.25, 0.3) is 11.6 Å². The Morgan fingerprint density at radius 1 is 1.24 bits per heavy atom. The summed E-state index contributed by atoms with van der Waals surface area (Å²) in [5.41, 5.74) is 2.36. The summed E-state index contributed by atoms with van der Waals surface area (Å²) < 4.78 is 0. The first-order valence-corrected chi connectivity index (χ1v) is 7.94. The van der Waals surface area contributed by atoms with E-state index in [1.807, 2.05) is 35.7 Å². The summed E-state index contributed by atoms with van der Waals surface area (Å²) in [5.74, 6) is 1.18. The van der Waals surface area contributed by atoms with Gasteiger partial charge in [0, 0.05) is 28.4 Å². The number of halogens is 2. The van der Waals surface area contributed by atoms with Gasteiger partial charge >= 0.3 is 0 Å². The zero-order valence-corrected chi connectivity index (χ0v) is 15.3. The predicted molar refractivity (Wildman–Crippen MR) is 107 cm³/mol. The highest BCUT2D eigenvalue weighted by Gasteiger charge is 2.14. The Balaban J connectivity index is 0.00000113. The van der Waals surface area contributed by atoms with Gasteiger partial charge in [0.05, 0.1) is 6.54 Å². The number of nitrogens with zero attached hydrogens (tertiary/aromatic N) is 3. The third kappa shape index (κ3) is 4.01. The largest absolute Gasteiger partial charge is 0.492 e. The summed E-state index contributed by atoms with van der Waals surface area (Å²) >= 11 is 1.67. The molecule has 0 fully saturated rings. The zero-order valence-electron chi connectivity index (χ0n) is 12.8. The molecule has 0 amide bonds. The van der Waals surface area contributed by atoms with Crippen LogP contribution in [0.4, 0.5) is 11.8 Å². The summed E-state index contributed by atoms with van der Waals surface area (Å²) in [4.78, 5) is 16.8. The van der Waals surface area contributed by atoms with Crippen LogP contribution in [0.3, 0.4) is 0 Å². The minimum atomic E-state index is -0.0445. The van der Waals surface area contributed by atoms with Crippen LogP contribution in [-0.4, -0.2) is 26.3 Å². The second-order valence-electron chi connectivity index (χ2n) is 4.99. The normalized spacial score (nSPS) is 13.2. The molecule has 0 saturated carbocycles. The van der Waals surface area contributed by atoms with E-state index in [9.17, 15) is 5.11 Å². The molecule has 0 aromatic carbocycles. The van der Waals surface area contributed by atoms with E-state index in [1.165, 1.54) is 4.88 Å². The number of hydrogen-bond donors (Lipinski definition) is 3. The van der Waals surface area contributed by atoms with Crippen molar-refractivity contribution in [1.29, 1.82) is 0 Å². The molecule has 3 aromatic rings. The SMILES string of the molecule is Cl.Cl.Oc1nc(NCc2cccs2)[nH]c1/C=C1\C=Nc2ncccc21. The molecule has 0 atom stereocenters. The Morgan fingerprint density at radius 3 is 2.92 bits per heavy atom. The molecular weight excluding hydrogens is 381 g/mol. The van der Waals surface area contributed by atoms with Crippen molar-refractivity contribution in [1.82, 2.24) is 15.0 Å². The number of hydrogen-bond acceptors (Lipinski definition) is 6. The van der Waals surface area contributed by atoms with Crippen molar-refractivity contribution >= 4 is 65.8 Å². The number of aromatic hydroxyl groups is 1. The van der Waals surface area contributed by atoms with Crippen LogP contribution in [-0.2, 0) is 6.54 Å². The average molecular weight is 396 g/mol. The number of thiophene rings is 1. The van der Waals surface area contributed by atoms with Gasteiger partial charge in [-0.25, -0.2) is 9.98 Å². The van der Waals surface area contributed by atoms with E-state index in [0.717, 1.165) is 11.1 Å². The topological polar surface area (TPSA) is 86.2 Å². The molecule has 3 N–H and O–H groups in total. The Labute approximate surface area is 160 Å². The number of fused-ring (bicyclic) bond motifs is 1. The van der Waals surface area contributed by atoms with Gasteiger partial charge in [-0.3, -0.25) is 0 Å². The number of pyridine rings is 1. The van der Waals surface area contributed by atoms with E-state index >= 15 is 0 Å². The van der Waals surface area contributed by atoms with Gasteiger partial charge in [0.1, 0.15) is 5.69 Å². The Hall–Kier alpha value is -2.35. The smallest absolute Gasteiger partial charge is 0.238 e.